The number of piperazine rings is 1. The molecular formula is C22H21N2O6S2-. The van der Waals surface area contributed by atoms with Crippen molar-refractivity contribution in [3.8, 4) is 5.69 Å². The second kappa shape index (κ2) is 6.50. The Kier molecular flexibility index (Phi) is 4.08. The molecule has 7 aliphatic rings. The standard InChI is InChI=1S/C22H21N2O6S2/c1-12-4-6-28-11-15-9-22-20(27)23-18-14(10-29-7-5-16(18)30-13(2)25)8-21(23,31-32(22)3)19(26)24(22)17(12)15/h3-7,10-12,16-18H,8-9H2,1-2H3/q-1/t12-,16-,17?,18?,21+,22+/m0/s1. The van der Waals surface area contributed by atoms with Gasteiger partial charge in [-0.05, 0) is 29.7 Å². The third-order valence-electron chi connectivity index (χ3n) is 7.01. The summed E-state index contributed by atoms with van der Waals surface area (Å²) in [5, 5.41) is 0. The van der Waals surface area contributed by atoms with Crippen LogP contribution < -0.4 is 0 Å². The number of carbonyl (C=O) groups excluding carboxylic acids is 3. The van der Waals surface area contributed by atoms with Crippen LogP contribution in [0.3, 0.4) is 0 Å². The van der Waals surface area contributed by atoms with Crippen molar-refractivity contribution >= 4 is 37.9 Å². The summed E-state index contributed by atoms with van der Waals surface area (Å²) in [4.78, 5) is 41.3. The summed E-state index contributed by atoms with van der Waals surface area (Å²) in [5.41, 5.74) is 8.31. The van der Waals surface area contributed by atoms with E-state index in [1.54, 1.807) is 34.7 Å². The summed E-state index contributed by atoms with van der Waals surface area (Å²) < 4.78 is 16.5. The maximum Gasteiger partial charge on any atom is 0.303 e. The molecule has 32 heavy (non-hydrogen) atoms. The van der Waals surface area contributed by atoms with Crippen molar-refractivity contribution in [2.45, 2.75) is 54.6 Å². The van der Waals surface area contributed by atoms with Gasteiger partial charge in [-0.2, -0.15) is 0 Å². The smallest absolute Gasteiger partial charge is 0.303 e. The zero-order valence-electron chi connectivity index (χ0n) is 17.4. The van der Waals surface area contributed by atoms with Crippen molar-refractivity contribution in [2.24, 2.45) is 5.92 Å². The molecule has 5 saturated heterocycles. The lowest BCUT2D eigenvalue weighted by Gasteiger charge is -2.66. The summed E-state index contributed by atoms with van der Waals surface area (Å²) in [5.74, 6) is -0.837. The molecule has 2 amide bonds. The van der Waals surface area contributed by atoms with E-state index in [4.69, 9.17) is 19.9 Å². The Morgan fingerprint density at radius 3 is 2.53 bits per heavy atom. The summed E-state index contributed by atoms with van der Waals surface area (Å²) >= 11 is 0. The Balaban J connectivity index is 1.53. The molecule has 7 aliphatic heterocycles. The fourth-order valence-electron chi connectivity index (χ4n) is 5.81. The van der Waals surface area contributed by atoms with Crippen LogP contribution in [0.1, 0.15) is 26.7 Å². The summed E-state index contributed by atoms with van der Waals surface area (Å²) in [6, 6.07) is -0.908. The number of amides is 2. The molecule has 6 atom stereocenters. The maximum absolute atomic E-state index is 14.3. The summed E-state index contributed by atoms with van der Waals surface area (Å²) in [6.45, 7) is 3.33. The lowest BCUT2D eigenvalue weighted by Crippen LogP contribution is -2.79. The van der Waals surface area contributed by atoms with Gasteiger partial charge in [-0.15, -0.1) is 0 Å². The van der Waals surface area contributed by atoms with Gasteiger partial charge in [0, 0.05) is 19.3 Å². The molecule has 0 aromatic carbocycles. The van der Waals surface area contributed by atoms with E-state index in [0.29, 0.717) is 6.42 Å². The first-order valence-corrected chi connectivity index (χ1v) is 13.0. The van der Waals surface area contributed by atoms with Crippen molar-refractivity contribution < 1.29 is 28.6 Å². The van der Waals surface area contributed by atoms with Crippen molar-refractivity contribution in [2.75, 3.05) is 0 Å². The lowest BCUT2D eigenvalue weighted by atomic mass is 9.95. The highest BCUT2D eigenvalue weighted by molar-refractivity contribution is 8.71. The van der Waals surface area contributed by atoms with Gasteiger partial charge in [0.25, 0.3) is 5.91 Å². The van der Waals surface area contributed by atoms with Crippen LogP contribution in [0, 0.1) is 11.6 Å². The molecule has 0 aliphatic carbocycles. The van der Waals surface area contributed by atoms with E-state index in [1.165, 1.54) is 24.0 Å². The van der Waals surface area contributed by atoms with Crippen LogP contribution in [0.2, 0.25) is 0 Å². The highest BCUT2D eigenvalue weighted by atomic mass is 33.1. The second-order valence-corrected chi connectivity index (χ2v) is 12.5. The zero-order valence-corrected chi connectivity index (χ0v) is 19.1. The molecule has 2 bridgehead atoms. The number of ether oxygens (including phenoxy) is 3. The van der Waals surface area contributed by atoms with E-state index in [-0.39, 0.29) is 30.2 Å². The van der Waals surface area contributed by atoms with Gasteiger partial charge in [0.05, 0.1) is 42.0 Å². The highest BCUT2D eigenvalue weighted by Gasteiger charge is 2.73. The van der Waals surface area contributed by atoms with E-state index in [9.17, 15) is 14.4 Å². The molecule has 7 rings (SSSR count). The van der Waals surface area contributed by atoms with Gasteiger partial charge in [-0.1, -0.05) is 6.92 Å². The number of carbonyl (C=O) groups is 3. The first-order chi connectivity index (χ1) is 15.3. The molecule has 5 fully saturated rings. The fourth-order valence-corrected chi connectivity index (χ4v) is 10.5. The number of nitrogens with zero attached hydrogens (tertiary/aromatic N) is 2. The molecule has 0 saturated carbocycles. The van der Waals surface area contributed by atoms with Crippen molar-refractivity contribution in [3.05, 3.63) is 48.3 Å². The van der Waals surface area contributed by atoms with E-state index in [1.807, 2.05) is 13.0 Å². The lowest BCUT2D eigenvalue weighted by molar-refractivity contribution is -0.169. The van der Waals surface area contributed by atoms with Crippen molar-refractivity contribution in [3.63, 3.8) is 0 Å². The quantitative estimate of drug-likeness (QED) is 0.327. The molecule has 2 unspecified atom stereocenters. The maximum atomic E-state index is 14.3. The van der Waals surface area contributed by atoms with Crippen molar-refractivity contribution in [1.29, 1.82) is 0 Å². The minimum atomic E-state index is -1.19. The minimum absolute atomic E-state index is 0.0303. The summed E-state index contributed by atoms with van der Waals surface area (Å²) in [7, 11) is 0.415. The van der Waals surface area contributed by atoms with Gasteiger partial charge in [0.15, 0.2) is 4.87 Å². The zero-order chi connectivity index (χ0) is 22.4. The molecule has 10 heteroatoms. The first-order valence-electron chi connectivity index (χ1n) is 10.4. The molecule has 0 aromatic heterocycles. The predicted molar refractivity (Wildman–Crippen MR) is 117 cm³/mol. The molecule has 7 heterocycles. The fraction of sp³-hybridized carbons (Fsp3) is 0.455. The van der Waals surface area contributed by atoms with Crippen LogP contribution in [-0.2, 0) is 37.9 Å². The molecular weight excluding hydrogens is 452 g/mol. The molecule has 8 nitrogen and oxygen atoms in total. The van der Waals surface area contributed by atoms with E-state index < -0.39 is 37.2 Å². The van der Waals surface area contributed by atoms with Gasteiger partial charge in [0.2, 0.25) is 5.91 Å². The Bertz CT molecular complexity index is 1160. The number of esters is 1. The van der Waals surface area contributed by atoms with Crippen LogP contribution in [0.25, 0.3) is 0 Å². The minimum Gasteiger partial charge on any atom is -0.473 e. The van der Waals surface area contributed by atoms with E-state index >= 15 is 0 Å². The van der Waals surface area contributed by atoms with Gasteiger partial charge in [-0.25, -0.2) is 10.8 Å². The Morgan fingerprint density at radius 1 is 1.12 bits per heavy atom. The third kappa shape index (κ3) is 2.25. The number of rotatable bonds is 1. The SMILES string of the molecule is C#[S-]1S[C@@]23CC4=COC=C[C@H](OC(C)=O)C4N2C(=O)[C@@]12CC1=COC=C[C@H](C)C1N2C3=O. The van der Waals surface area contributed by atoms with Crippen LogP contribution >= 0.6 is 10.8 Å². The average Bonchev–Trinajstić information content (AvgIpc) is 3.12. The van der Waals surface area contributed by atoms with Crippen molar-refractivity contribution in [1.82, 2.24) is 9.80 Å². The Morgan fingerprint density at radius 2 is 1.81 bits per heavy atom. The molecule has 168 valence electrons. The van der Waals surface area contributed by atoms with Crippen LogP contribution in [0.15, 0.2) is 48.3 Å². The summed E-state index contributed by atoms with van der Waals surface area (Å²) in [6.07, 6.45) is 9.61. The first kappa shape index (κ1) is 20.1. The Hall–Kier alpha value is -2.55. The van der Waals surface area contributed by atoms with Gasteiger partial charge >= 0.3 is 5.97 Å². The number of hydrogen-bond donors (Lipinski definition) is 0. The third-order valence-corrected chi connectivity index (χ3v) is 11.4. The largest absolute Gasteiger partial charge is 0.473 e. The molecule has 0 aromatic rings. The Labute approximate surface area is 190 Å². The topological polar surface area (TPSA) is 85.4 Å². The van der Waals surface area contributed by atoms with E-state index in [0.717, 1.165) is 11.1 Å². The van der Waals surface area contributed by atoms with Crippen LogP contribution in [-0.4, -0.2) is 55.5 Å². The second-order valence-electron chi connectivity index (χ2n) is 8.79. The predicted octanol–water partition coefficient (Wildman–Crippen LogP) is 1.89. The monoisotopic (exact) mass is 473 g/mol. The van der Waals surface area contributed by atoms with Crippen LogP contribution in [0.4, 0.5) is 0 Å². The molecule has 0 N–H and O–H groups in total. The number of fused-ring (bicyclic) bond motifs is 3. The average molecular weight is 474 g/mol. The highest BCUT2D eigenvalue weighted by Crippen LogP contribution is 2.64. The normalized spacial score (nSPS) is 41.4. The number of hydrogen-bond acceptors (Lipinski definition) is 8. The van der Waals surface area contributed by atoms with Gasteiger partial charge in [-0.3, -0.25) is 14.4 Å². The van der Waals surface area contributed by atoms with Gasteiger partial charge < -0.3 is 39.0 Å². The molecule has 0 radical (unpaired) electrons. The van der Waals surface area contributed by atoms with E-state index in [2.05, 4.69) is 0 Å². The van der Waals surface area contributed by atoms with Crippen LogP contribution in [0.5, 0.6) is 0 Å². The molecule has 2 spiro atoms. The van der Waals surface area contributed by atoms with Gasteiger partial charge in [0.1, 0.15) is 6.10 Å².